The van der Waals surface area contributed by atoms with E-state index in [4.69, 9.17) is 4.74 Å². The SMILES string of the molecule is CCOc1ccccc1Cn1c(=O)c2sccc2n2c(=O)n(CC(=O)c3ccc(C)cc3)nc12. The number of benzene rings is 2. The van der Waals surface area contributed by atoms with E-state index in [0.29, 0.717) is 28.1 Å². The minimum absolute atomic E-state index is 0.175. The van der Waals surface area contributed by atoms with Crippen LogP contribution in [-0.2, 0) is 13.1 Å². The molecule has 0 atom stereocenters. The van der Waals surface area contributed by atoms with Crippen LogP contribution < -0.4 is 16.0 Å². The Hall–Kier alpha value is -3.98. The molecule has 0 amide bonds. The molecular weight excluding hydrogens is 452 g/mol. The molecule has 34 heavy (non-hydrogen) atoms. The van der Waals surface area contributed by atoms with Gasteiger partial charge < -0.3 is 4.74 Å². The van der Waals surface area contributed by atoms with Gasteiger partial charge in [0.05, 0.1) is 18.7 Å². The summed E-state index contributed by atoms with van der Waals surface area (Å²) in [4.78, 5) is 39.5. The third-order valence-electron chi connectivity index (χ3n) is 5.66. The second kappa shape index (κ2) is 8.75. The monoisotopic (exact) mass is 474 g/mol. The summed E-state index contributed by atoms with van der Waals surface area (Å²) in [5.74, 6) is 0.615. The summed E-state index contributed by atoms with van der Waals surface area (Å²) in [6.07, 6.45) is 0. The predicted molar refractivity (Wildman–Crippen MR) is 131 cm³/mol. The Morgan fingerprint density at radius 3 is 2.59 bits per heavy atom. The van der Waals surface area contributed by atoms with Gasteiger partial charge in [-0.2, -0.15) is 0 Å². The second-order valence-corrected chi connectivity index (χ2v) is 8.85. The van der Waals surface area contributed by atoms with Crippen LogP contribution in [0.25, 0.3) is 16.0 Å². The Balaban J connectivity index is 1.65. The molecule has 0 fully saturated rings. The fourth-order valence-electron chi connectivity index (χ4n) is 3.95. The molecule has 172 valence electrons. The van der Waals surface area contributed by atoms with E-state index in [2.05, 4.69) is 5.10 Å². The van der Waals surface area contributed by atoms with Crippen molar-refractivity contribution in [3.05, 3.63) is 97.5 Å². The van der Waals surface area contributed by atoms with Crippen molar-refractivity contribution in [2.75, 3.05) is 6.61 Å². The summed E-state index contributed by atoms with van der Waals surface area (Å²) in [5, 5.41) is 6.20. The van der Waals surface area contributed by atoms with E-state index >= 15 is 0 Å². The van der Waals surface area contributed by atoms with Gasteiger partial charge in [-0.1, -0.05) is 48.0 Å². The third-order valence-corrected chi connectivity index (χ3v) is 6.55. The lowest BCUT2D eigenvalue weighted by molar-refractivity contribution is 0.0966. The van der Waals surface area contributed by atoms with E-state index in [9.17, 15) is 14.4 Å². The van der Waals surface area contributed by atoms with Gasteiger partial charge in [0.1, 0.15) is 17.0 Å². The summed E-state index contributed by atoms with van der Waals surface area (Å²) >= 11 is 1.27. The van der Waals surface area contributed by atoms with Crippen LogP contribution in [-0.4, -0.2) is 31.1 Å². The second-order valence-electron chi connectivity index (χ2n) is 7.93. The molecule has 9 heteroatoms. The fraction of sp³-hybridized carbons (Fsp3) is 0.200. The van der Waals surface area contributed by atoms with Crippen molar-refractivity contribution in [1.82, 2.24) is 18.7 Å². The van der Waals surface area contributed by atoms with Crippen molar-refractivity contribution in [2.24, 2.45) is 0 Å². The number of carbonyl (C=O) groups is 1. The first kappa shape index (κ1) is 21.8. The van der Waals surface area contributed by atoms with E-state index in [-0.39, 0.29) is 30.2 Å². The van der Waals surface area contributed by atoms with Crippen molar-refractivity contribution in [3.63, 3.8) is 0 Å². The largest absolute Gasteiger partial charge is 0.494 e. The molecule has 3 heterocycles. The highest BCUT2D eigenvalue weighted by Gasteiger charge is 2.20. The number of hydrogen-bond acceptors (Lipinski definition) is 6. The van der Waals surface area contributed by atoms with Gasteiger partial charge >= 0.3 is 5.69 Å². The highest BCUT2D eigenvalue weighted by atomic mass is 32.1. The maximum Gasteiger partial charge on any atom is 0.352 e. The predicted octanol–water partition coefficient (Wildman–Crippen LogP) is 3.51. The first-order chi connectivity index (χ1) is 16.5. The molecule has 0 saturated heterocycles. The number of Topliss-reactive ketones (excluding diaryl/α,β-unsaturated/α-hetero) is 1. The molecule has 0 bridgehead atoms. The number of para-hydroxylation sites is 1. The normalized spacial score (nSPS) is 11.4. The van der Waals surface area contributed by atoms with Crippen LogP contribution >= 0.6 is 11.3 Å². The van der Waals surface area contributed by atoms with Crippen molar-refractivity contribution in [2.45, 2.75) is 26.9 Å². The molecule has 0 aliphatic heterocycles. The average Bonchev–Trinajstić information content (AvgIpc) is 3.43. The molecule has 5 aromatic rings. The van der Waals surface area contributed by atoms with Gasteiger partial charge in [0.15, 0.2) is 5.78 Å². The summed E-state index contributed by atoms with van der Waals surface area (Å²) in [6.45, 7) is 4.27. The first-order valence-electron chi connectivity index (χ1n) is 10.9. The zero-order valence-corrected chi connectivity index (χ0v) is 19.5. The van der Waals surface area contributed by atoms with Gasteiger partial charge in [-0.3, -0.25) is 14.2 Å². The fourth-order valence-corrected chi connectivity index (χ4v) is 4.77. The lowest BCUT2D eigenvalue weighted by Gasteiger charge is -2.12. The van der Waals surface area contributed by atoms with E-state index in [0.717, 1.165) is 15.8 Å². The molecule has 0 spiro atoms. The van der Waals surface area contributed by atoms with Crippen LogP contribution in [0.3, 0.4) is 0 Å². The first-order valence-corrected chi connectivity index (χ1v) is 11.8. The molecule has 0 aliphatic carbocycles. The molecule has 0 aliphatic rings. The summed E-state index contributed by atoms with van der Waals surface area (Å²) in [7, 11) is 0. The van der Waals surface area contributed by atoms with Gasteiger partial charge in [-0.15, -0.1) is 16.4 Å². The Morgan fingerprint density at radius 2 is 1.82 bits per heavy atom. The van der Waals surface area contributed by atoms with Crippen molar-refractivity contribution >= 4 is 33.1 Å². The zero-order valence-electron chi connectivity index (χ0n) is 18.7. The number of aryl methyl sites for hydroxylation is 1. The van der Waals surface area contributed by atoms with Gasteiger partial charge in [-0.25, -0.2) is 13.9 Å². The topological polar surface area (TPSA) is 87.6 Å². The summed E-state index contributed by atoms with van der Waals surface area (Å²) in [5.41, 5.74) is 2.10. The van der Waals surface area contributed by atoms with Crippen LogP contribution in [0.4, 0.5) is 0 Å². The summed E-state index contributed by atoms with van der Waals surface area (Å²) in [6, 6.07) is 16.3. The Morgan fingerprint density at radius 1 is 1.06 bits per heavy atom. The minimum atomic E-state index is -0.467. The molecule has 0 unspecified atom stereocenters. The van der Waals surface area contributed by atoms with Crippen LogP contribution in [0.5, 0.6) is 5.75 Å². The molecule has 0 radical (unpaired) electrons. The number of ether oxygens (including phenoxy) is 1. The van der Waals surface area contributed by atoms with Crippen LogP contribution in [0.15, 0.2) is 69.6 Å². The number of thiophene rings is 1. The van der Waals surface area contributed by atoms with E-state index in [1.807, 2.05) is 50.2 Å². The van der Waals surface area contributed by atoms with Gasteiger partial charge in [-0.05, 0) is 31.4 Å². The van der Waals surface area contributed by atoms with E-state index < -0.39 is 5.69 Å². The smallest absolute Gasteiger partial charge is 0.352 e. The molecule has 0 N–H and O–H groups in total. The third kappa shape index (κ3) is 3.73. The molecule has 3 aromatic heterocycles. The van der Waals surface area contributed by atoms with Crippen LogP contribution in [0.2, 0.25) is 0 Å². The van der Waals surface area contributed by atoms with E-state index in [1.54, 1.807) is 23.6 Å². The molecular formula is C25H22N4O4S. The average molecular weight is 475 g/mol. The molecule has 0 saturated carbocycles. The number of fused-ring (bicyclic) bond motifs is 3. The number of nitrogens with zero attached hydrogens (tertiary/aromatic N) is 4. The quantitative estimate of drug-likeness (QED) is 0.337. The number of rotatable bonds is 7. The standard InChI is InChI=1S/C25H22N4O4S/c1-3-33-21-7-5-4-6-18(21)14-27-23(31)22-19(12-13-34-22)29-24(27)26-28(25(29)32)15-20(30)17-10-8-16(2)9-11-17/h4-13H,3,14-15H2,1-2H3. The van der Waals surface area contributed by atoms with Gasteiger partial charge in [0.25, 0.3) is 5.56 Å². The maximum absolute atomic E-state index is 13.4. The Labute approximate surface area is 198 Å². The Bertz CT molecular complexity index is 1640. The zero-order chi connectivity index (χ0) is 23.8. The van der Waals surface area contributed by atoms with Crippen molar-refractivity contribution in [1.29, 1.82) is 0 Å². The number of carbonyl (C=O) groups excluding carboxylic acids is 1. The maximum atomic E-state index is 13.4. The highest BCUT2D eigenvalue weighted by molar-refractivity contribution is 7.17. The van der Waals surface area contributed by atoms with Crippen molar-refractivity contribution < 1.29 is 9.53 Å². The lowest BCUT2D eigenvalue weighted by atomic mass is 10.1. The summed E-state index contributed by atoms with van der Waals surface area (Å²) < 4.78 is 10.2. The molecule has 5 rings (SSSR count). The lowest BCUT2D eigenvalue weighted by Crippen LogP contribution is -2.27. The highest BCUT2D eigenvalue weighted by Crippen LogP contribution is 2.22. The minimum Gasteiger partial charge on any atom is -0.494 e. The van der Waals surface area contributed by atoms with Crippen molar-refractivity contribution in [3.8, 4) is 5.75 Å². The molecule has 2 aromatic carbocycles. The number of aromatic nitrogens is 4. The number of hydrogen-bond donors (Lipinski definition) is 0. The van der Waals surface area contributed by atoms with Gasteiger partial charge in [0.2, 0.25) is 5.78 Å². The van der Waals surface area contributed by atoms with Gasteiger partial charge in [0, 0.05) is 11.1 Å². The van der Waals surface area contributed by atoms with E-state index in [1.165, 1.54) is 20.3 Å². The molecule has 8 nitrogen and oxygen atoms in total. The van der Waals surface area contributed by atoms with Crippen LogP contribution in [0.1, 0.15) is 28.4 Å². The Kier molecular flexibility index (Phi) is 5.62. The number of ketones is 1. The van der Waals surface area contributed by atoms with Crippen LogP contribution in [0, 0.1) is 6.92 Å².